The highest BCUT2D eigenvalue weighted by Gasteiger charge is 2.33. The minimum absolute atomic E-state index is 0.0563. The number of carbonyl (C=O) groups is 1. The fourth-order valence-electron chi connectivity index (χ4n) is 3.49. The monoisotopic (exact) mass is 299 g/mol. The zero-order valence-electron chi connectivity index (χ0n) is 12.9. The molecule has 0 aromatic heterocycles. The third-order valence-electron chi connectivity index (χ3n) is 4.42. The van der Waals surface area contributed by atoms with Crippen molar-refractivity contribution in [2.45, 2.75) is 13.0 Å². The van der Waals surface area contributed by atoms with Gasteiger partial charge < -0.3 is 4.90 Å². The average Bonchev–Trinajstić information content (AvgIpc) is 2.61. The lowest BCUT2D eigenvalue weighted by atomic mass is 9.85. The van der Waals surface area contributed by atoms with Crippen molar-refractivity contribution in [2.75, 3.05) is 4.90 Å². The SMILES string of the molecule is CC(=O)N1c2ccccc2-c2ccccc2C1c1ccccc1. The molecule has 0 saturated carbocycles. The second kappa shape index (κ2) is 5.40. The molecule has 23 heavy (non-hydrogen) atoms. The first kappa shape index (κ1) is 13.8. The van der Waals surface area contributed by atoms with Crippen molar-refractivity contribution in [2.24, 2.45) is 0 Å². The zero-order valence-corrected chi connectivity index (χ0v) is 12.9. The minimum atomic E-state index is -0.0835. The van der Waals surface area contributed by atoms with Gasteiger partial charge in [-0.05, 0) is 22.8 Å². The van der Waals surface area contributed by atoms with Crippen LogP contribution in [0, 0.1) is 0 Å². The summed E-state index contributed by atoms with van der Waals surface area (Å²) in [4.78, 5) is 14.4. The summed E-state index contributed by atoms with van der Waals surface area (Å²) in [6, 6.07) is 26.6. The van der Waals surface area contributed by atoms with E-state index in [-0.39, 0.29) is 11.9 Å². The molecule has 3 aromatic carbocycles. The Hall–Kier alpha value is -2.87. The number of fused-ring (bicyclic) bond motifs is 3. The molecule has 1 aliphatic rings. The quantitative estimate of drug-likeness (QED) is 0.631. The van der Waals surface area contributed by atoms with Crippen molar-refractivity contribution < 1.29 is 4.79 Å². The molecule has 0 bridgehead atoms. The van der Waals surface area contributed by atoms with Crippen LogP contribution in [0.2, 0.25) is 0 Å². The first-order valence-corrected chi connectivity index (χ1v) is 7.80. The summed E-state index contributed by atoms with van der Waals surface area (Å²) >= 11 is 0. The fraction of sp³-hybridized carbons (Fsp3) is 0.0952. The lowest BCUT2D eigenvalue weighted by Gasteiger charge is -2.38. The van der Waals surface area contributed by atoms with Crippen LogP contribution in [0.5, 0.6) is 0 Å². The number of hydrogen-bond acceptors (Lipinski definition) is 1. The van der Waals surface area contributed by atoms with Crippen molar-refractivity contribution in [3.05, 3.63) is 90.0 Å². The molecule has 0 fully saturated rings. The molecule has 4 rings (SSSR count). The highest BCUT2D eigenvalue weighted by molar-refractivity contribution is 6.00. The molecule has 0 N–H and O–H groups in total. The Morgan fingerprint density at radius 3 is 2.13 bits per heavy atom. The normalized spacial score (nSPS) is 15.7. The first-order valence-electron chi connectivity index (χ1n) is 7.80. The molecule has 0 radical (unpaired) electrons. The van der Waals surface area contributed by atoms with Crippen LogP contribution in [0.15, 0.2) is 78.9 Å². The fourth-order valence-corrected chi connectivity index (χ4v) is 3.49. The lowest BCUT2D eigenvalue weighted by Crippen LogP contribution is -2.36. The van der Waals surface area contributed by atoms with E-state index in [2.05, 4.69) is 36.4 Å². The van der Waals surface area contributed by atoms with Gasteiger partial charge in [0.05, 0.1) is 11.7 Å². The number of carbonyl (C=O) groups excluding carboxylic acids is 1. The summed E-state index contributed by atoms with van der Waals surface area (Å²) in [6.45, 7) is 1.64. The second-order valence-electron chi connectivity index (χ2n) is 5.81. The van der Waals surface area contributed by atoms with E-state index in [4.69, 9.17) is 0 Å². The average molecular weight is 299 g/mol. The van der Waals surface area contributed by atoms with E-state index in [9.17, 15) is 4.79 Å². The number of para-hydroxylation sites is 1. The number of rotatable bonds is 1. The maximum absolute atomic E-state index is 12.5. The third-order valence-corrected chi connectivity index (χ3v) is 4.42. The smallest absolute Gasteiger partial charge is 0.224 e. The molecule has 1 atom stereocenters. The Morgan fingerprint density at radius 1 is 0.783 bits per heavy atom. The van der Waals surface area contributed by atoms with Gasteiger partial charge in [-0.2, -0.15) is 0 Å². The van der Waals surface area contributed by atoms with Crippen LogP contribution in [-0.4, -0.2) is 5.91 Å². The number of nitrogens with zero attached hydrogens (tertiary/aromatic N) is 1. The molecule has 3 aromatic rings. The predicted molar refractivity (Wildman–Crippen MR) is 93.3 cm³/mol. The first-order chi connectivity index (χ1) is 11.3. The van der Waals surface area contributed by atoms with Crippen LogP contribution in [-0.2, 0) is 4.79 Å². The van der Waals surface area contributed by atoms with E-state index in [0.29, 0.717) is 0 Å². The van der Waals surface area contributed by atoms with Gasteiger partial charge in [0.15, 0.2) is 0 Å². The van der Waals surface area contributed by atoms with Crippen LogP contribution >= 0.6 is 0 Å². The zero-order chi connectivity index (χ0) is 15.8. The maximum Gasteiger partial charge on any atom is 0.224 e. The highest BCUT2D eigenvalue weighted by Crippen LogP contribution is 2.46. The summed E-state index contributed by atoms with van der Waals surface area (Å²) in [7, 11) is 0. The molecule has 112 valence electrons. The van der Waals surface area contributed by atoms with E-state index in [1.807, 2.05) is 47.4 Å². The van der Waals surface area contributed by atoms with Crippen molar-refractivity contribution in [1.29, 1.82) is 0 Å². The van der Waals surface area contributed by atoms with E-state index >= 15 is 0 Å². The van der Waals surface area contributed by atoms with Crippen molar-refractivity contribution in [3.63, 3.8) is 0 Å². The van der Waals surface area contributed by atoms with E-state index < -0.39 is 0 Å². The summed E-state index contributed by atoms with van der Waals surface area (Å²) in [6.07, 6.45) is 0. The largest absolute Gasteiger partial charge is 0.300 e. The Balaban J connectivity index is 2.03. The minimum Gasteiger partial charge on any atom is -0.300 e. The van der Waals surface area contributed by atoms with E-state index in [1.54, 1.807) is 6.92 Å². The maximum atomic E-state index is 12.5. The molecule has 1 heterocycles. The van der Waals surface area contributed by atoms with Crippen LogP contribution in [0.25, 0.3) is 11.1 Å². The molecule has 2 heteroatoms. The molecule has 1 amide bonds. The standard InChI is InChI=1S/C21H17NO/c1-15(23)22-20-14-8-7-12-18(20)17-11-5-6-13-19(17)21(22)16-9-3-2-4-10-16/h2-14,21H,1H3. The Bertz CT molecular complexity index is 870. The molecule has 1 unspecified atom stereocenters. The van der Waals surface area contributed by atoms with Crippen molar-refractivity contribution in [1.82, 2.24) is 0 Å². The summed E-state index contributed by atoms with van der Waals surface area (Å²) in [5.74, 6) is 0.0563. The second-order valence-corrected chi connectivity index (χ2v) is 5.81. The predicted octanol–water partition coefficient (Wildman–Crippen LogP) is 4.81. The Labute approximate surface area is 136 Å². The van der Waals surface area contributed by atoms with Gasteiger partial charge in [0, 0.05) is 12.5 Å². The van der Waals surface area contributed by atoms with Crippen molar-refractivity contribution >= 4 is 11.6 Å². The molecule has 2 nitrogen and oxygen atoms in total. The topological polar surface area (TPSA) is 20.3 Å². The van der Waals surface area contributed by atoms with Gasteiger partial charge in [-0.15, -0.1) is 0 Å². The number of anilines is 1. The molecule has 1 aliphatic heterocycles. The highest BCUT2D eigenvalue weighted by atomic mass is 16.2. The number of hydrogen-bond donors (Lipinski definition) is 0. The molecule has 0 saturated heterocycles. The molecule has 0 spiro atoms. The molecular formula is C21H17NO. The van der Waals surface area contributed by atoms with Gasteiger partial charge in [0.1, 0.15) is 0 Å². The van der Waals surface area contributed by atoms with E-state index in [1.165, 1.54) is 11.1 Å². The molecular weight excluding hydrogens is 282 g/mol. The van der Waals surface area contributed by atoms with Crippen LogP contribution in [0.3, 0.4) is 0 Å². The van der Waals surface area contributed by atoms with Gasteiger partial charge in [-0.25, -0.2) is 0 Å². The number of amides is 1. The lowest BCUT2D eigenvalue weighted by molar-refractivity contribution is -0.116. The van der Waals surface area contributed by atoms with Gasteiger partial charge >= 0.3 is 0 Å². The van der Waals surface area contributed by atoms with Gasteiger partial charge in [0.25, 0.3) is 0 Å². The third kappa shape index (κ3) is 2.15. The van der Waals surface area contributed by atoms with Gasteiger partial charge in [-0.3, -0.25) is 4.79 Å². The number of benzene rings is 3. The van der Waals surface area contributed by atoms with Crippen LogP contribution in [0.1, 0.15) is 24.1 Å². The summed E-state index contributed by atoms with van der Waals surface area (Å²) in [5.41, 5.74) is 5.60. The van der Waals surface area contributed by atoms with Crippen molar-refractivity contribution in [3.8, 4) is 11.1 Å². The van der Waals surface area contributed by atoms with Gasteiger partial charge in [0.2, 0.25) is 5.91 Å². The van der Waals surface area contributed by atoms with E-state index in [0.717, 1.165) is 16.8 Å². The Kier molecular flexibility index (Phi) is 3.23. The summed E-state index contributed by atoms with van der Waals surface area (Å²) in [5, 5.41) is 0. The van der Waals surface area contributed by atoms with Gasteiger partial charge in [-0.1, -0.05) is 72.8 Å². The Morgan fingerprint density at radius 2 is 1.39 bits per heavy atom. The van der Waals surface area contributed by atoms with Crippen LogP contribution < -0.4 is 4.90 Å². The van der Waals surface area contributed by atoms with Crippen LogP contribution in [0.4, 0.5) is 5.69 Å². The summed E-state index contributed by atoms with van der Waals surface area (Å²) < 4.78 is 0. The molecule has 0 aliphatic carbocycles.